The van der Waals surface area contributed by atoms with Gasteiger partial charge in [-0.3, -0.25) is 0 Å². The van der Waals surface area contributed by atoms with Crippen LogP contribution in [0.2, 0.25) is 0 Å². The fraction of sp³-hybridized carbons (Fsp3) is 0.875. The van der Waals surface area contributed by atoms with Crippen molar-refractivity contribution in [2.45, 2.75) is 70.6 Å². The molecule has 3 heteroatoms. The second-order valence-electron chi connectivity index (χ2n) is 5.85. The smallest absolute Gasteiger partial charge is 0.0934 e. The number of hydrogen-bond donors (Lipinski definition) is 1. The highest BCUT2D eigenvalue weighted by Crippen LogP contribution is 2.26. The number of unbranched alkanes of at least 4 members (excludes halogenated alkanes) is 1. The largest absolute Gasteiger partial charge is 0.381 e. The van der Waals surface area contributed by atoms with Crippen molar-refractivity contribution in [2.24, 2.45) is 11.7 Å². The number of rotatable bonds is 8. The lowest BCUT2D eigenvalue weighted by atomic mass is 9.89. The van der Waals surface area contributed by atoms with Crippen LogP contribution in [0.15, 0.2) is 12.2 Å². The van der Waals surface area contributed by atoms with Crippen molar-refractivity contribution in [3.8, 4) is 0 Å². The van der Waals surface area contributed by atoms with E-state index in [1.165, 1.54) is 19.3 Å². The zero-order valence-corrected chi connectivity index (χ0v) is 12.9. The molecule has 3 nitrogen and oxygen atoms in total. The summed E-state index contributed by atoms with van der Waals surface area (Å²) < 4.78 is 11.4. The summed E-state index contributed by atoms with van der Waals surface area (Å²) in [5.41, 5.74) is 7.23. The van der Waals surface area contributed by atoms with Crippen LogP contribution in [0.1, 0.15) is 52.4 Å². The highest BCUT2D eigenvalue weighted by atomic mass is 16.5. The fourth-order valence-electron chi connectivity index (χ4n) is 2.83. The first-order valence-electron chi connectivity index (χ1n) is 7.67. The van der Waals surface area contributed by atoms with Crippen LogP contribution >= 0.6 is 0 Å². The normalized spacial score (nSPS) is 26.9. The molecule has 112 valence electrons. The molecule has 1 aliphatic rings. The van der Waals surface area contributed by atoms with Gasteiger partial charge in [0, 0.05) is 19.8 Å². The maximum atomic E-state index is 6.13. The molecule has 1 fully saturated rings. The predicted octanol–water partition coefficient (Wildman–Crippen LogP) is 3.28. The number of methoxy groups -OCH3 is 1. The van der Waals surface area contributed by atoms with Crippen LogP contribution in [0, 0.1) is 5.92 Å². The van der Waals surface area contributed by atoms with Crippen molar-refractivity contribution in [1.29, 1.82) is 0 Å². The van der Waals surface area contributed by atoms with Gasteiger partial charge in [0.2, 0.25) is 0 Å². The third-order valence-electron chi connectivity index (χ3n) is 4.18. The molecule has 0 aromatic carbocycles. The van der Waals surface area contributed by atoms with E-state index in [0.29, 0.717) is 5.92 Å². The zero-order valence-electron chi connectivity index (χ0n) is 12.9. The van der Waals surface area contributed by atoms with E-state index in [1.807, 2.05) is 0 Å². The summed E-state index contributed by atoms with van der Waals surface area (Å²) in [6.07, 6.45) is 6.91. The fourth-order valence-corrected chi connectivity index (χ4v) is 2.83. The van der Waals surface area contributed by atoms with Crippen LogP contribution in [-0.4, -0.2) is 32.0 Å². The molecule has 0 unspecified atom stereocenters. The Balaban J connectivity index is 2.47. The topological polar surface area (TPSA) is 44.5 Å². The van der Waals surface area contributed by atoms with Crippen LogP contribution in [0.5, 0.6) is 0 Å². The van der Waals surface area contributed by atoms with Crippen LogP contribution < -0.4 is 5.73 Å². The first-order valence-corrected chi connectivity index (χ1v) is 7.67. The average molecular weight is 269 g/mol. The molecule has 1 rings (SSSR count). The average Bonchev–Trinajstić information content (AvgIpc) is 2.42. The van der Waals surface area contributed by atoms with Gasteiger partial charge in [-0.2, -0.15) is 0 Å². The maximum Gasteiger partial charge on any atom is 0.0934 e. The molecule has 19 heavy (non-hydrogen) atoms. The third kappa shape index (κ3) is 5.25. The molecule has 1 aliphatic heterocycles. The first-order chi connectivity index (χ1) is 9.10. The van der Waals surface area contributed by atoms with E-state index in [4.69, 9.17) is 15.2 Å². The van der Waals surface area contributed by atoms with Gasteiger partial charge in [0.25, 0.3) is 0 Å². The summed E-state index contributed by atoms with van der Waals surface area (Å²) in [5, 5.41) is 0. The van der Waals surface area contributed by atoms with Crippen molar-refractivity contribution in [3.05, 3.63) is 12.2 Å². The molecule has 0 aromatic heterocycles. The summed E-state index contributed by atoms with van der Waals surface area (Å²) in [5.74, 6) is 0.557. The Hall–Kier alpha value is -0.380. The molecule has 0 aromatic rings. The molecular formula is C16H31NO2. The minimum Gasteiger partial charge on any atom is -0.381 e. The lowest BCUT2D eigenvalue weighted by Gasteiger charge is -2.33. The van der Waals surface area contributed by atoms with E-state index in [2.05, 4.69) is 20.4 Å². The van der Waals surface area contributed by atoms with Gasteiger partial charge in [-0.15, -0.1) is 0 Å². The molecule has 0 bridgehead atoms. The number of nitrogens with two attached hydrogens (primary N) is 1. The van der Waals surface area contributed by atoms with Crippen LogP contribution in [-0.2, 0) is 9.47 Å². The molecule has 2 N–H and O–H groups in total. The van der Waals surface area contributed by atoms with Crippen molar-refractivity contribution in [2.75, 3.05) is 13.7 Å². The van der Waals surface area contributed by atoms with Gasteiger partial charge in [-0.05, 0) is 37.2 Å². The SMILES string of the molecule is C=C(C[C@@H](OC)[C@@H](C)CCCC)[C@@H]1OCCC[C@H]1N. The Bertz CT molecular complexity index is 267. The van der Waals surface area contributed by atoms with Crippen LogP contribution in [0.3, 0.4) is 0 Å². The highest BCUT2D eigenvalue weighted by Gasteiger charge is 2.28. The van der Waals surface area contributed by atoms with E-state index in [1.54, 1.807) is 7.11 Å². The monoisotopic (exact) mass is 269 g/mol. The minimum atomic E-state index is 0.0183. The quantitative estimate of drug-likeness (QED) is 0.688. The minimum absolute atomic E-state index is 0.0183. The Morgan fingerprint density at radius 2 is 2.26 bits per heavy atom. The predicted molar refractivity (Wildman–Crippen MR) is 80.2 cm³/mol. The van der Waals surface area contributed by atoms with Crippen molar-refractivity contribution < 1.29 is 9.47 Å². The first kappa shape index (κ1) is 16.7. The maximum absolute atomic E-state index is 6.13. The number of hydrogen-bond acceptors (Lipinski definition) is 3. The van der Waals surface area contributed by atoms with Crippen LogP contribution in [0.4, 0.5) is 0 Å². The molecule has 0 spiro atoms. The van der Waals surface area contributed by atoms with Crippen molar-refractivity contribution in [3.63, 3.8) is 0 Å². The lowest BCUT2D eigenvalue weighted by Crippen LogP contribution is -2.42. The van der Waals surface area contributed by atoms with Gasteiger partial charge in [-0.1, -0.05) is 33.3 Å². The number of ether oxygens (including phenoxy) is 2. The van der Waals surface area contributed by atoms with E-state index in [-0.39, 0.29) is 18.2 Å². The Kier molecular flexibility index (Phi) is 7.66. The van der Waals surface area contributed by atoms with Gasteiger partial charge in [0.05, 0.1) is 12.2 Å². The molecule has 4 atom stereocenters. The molecule has 1 heterocycles. The zero-order chi connectivity index (χ0) is 14.3. The van der Waals surface area contributed by atoms with E-state index < -0.39 is 0 Å². The summed E-state index contributed by atoms with van der Waals surface area (Å²) in [4.78, 5) is 0. The lowest BCUT2D eigenvalue weighted by molar-refractivity contribution is 0.00920. The van der Waals surface area contributed by atoms with Crippen molar-refractivity contribution >= 4 is 0 Å². The van der Waals surface area contributed by atoms with E-state index in [0.717, 1.165) is 31.4 Å². The van der Waals surface area contributed by atoms with Gasteiger partial charge < -0.3 is 15.2 Å². The standard InChI is InChI=1S/C16H31NO2/c1-5-6-8-12(2)15(18-4)11-13(3)16-14(17)9-7-10-19-16/h12,14-16H,3,5-11,17H2,1-2,4H3/t12-,14+,15+,16-/m0/s1. The third-order valence-corrected chi connectivity index (χ3v) is 4.18. The summed E-state index contributed by atoms with van der Waals surface area (Å²) >= 11 is 0. The molecule has 1 saturated heterocycles. The molecular weight excluding hydrogens is 238 g/mol. The van der Waals surface area contributed by atoms with Gasteiger partial charge in [0.15, 0.2) is 0 Å². The molecule has 0 saturated carbocycles. The molecule has 0 aliphatic carbocycles. The Labute approximate surface area is 118 Å². The summed E-state index contributed by atoms with van der Waals surface area (Å²) in [6.45, 7) is 9.49. The van der Waals surface area contributed by atoms with Gasteiger partial charge in [0.1, 0.15) is 0 Å². The van der Waals surface area contributed by atoms with E-state index >= 15 is 0 Å². The summed E-state index contributed by atoms with van der Waals surface area (Å²) in [6, 6.07) is 0.102. The van der Waals surface area contributed by atoms with Gasteiger partial charge in [-0.25, -0.2) is 0 Å². The molecule has 0 amide bonds. The summed E-state index contributed by atoms with van der Waals surface area (Å²) in [7, 11) is 1.79. The Morgan fingerprint density at radius 1 is 1.53 bits per heavy atom. The van der Waals surface area contributed by atoms with E-state index in [9.17, 15) is 0 Å². The van der Waals surface area contributed by atoms with Gasteiger partial charge >= 0.3 is 0 Å². The molecule has 0 radical (unpaired) electrons. The highest BCUT2D eigenvalue weighted by molar-refractivity contribution is 5.09. The van der Waals surface area contributed by atoms with Crippen LogP contribution in [0.25, 0.3) is 0 Å². The Morgan fingerprint density at radius 3 is 2.84 bits per heavy atom. The second-order valence-corrected chi connectivity index (χ2v) is 5.85. The second kappa shape index (κ2) is 8.72. The van der Waals surface area contributed by atoms with Crippen molar-refractivity contribution in [1.82, 2.24) is 0 Å².